The zero-order valence-electron chi connectivity index (χ0n) is 14.1. The second kappa shape index (κ2) is 6.89. The molecular formula is C19H19F3N2O2. The van der Waals surface area contributed by atoms with Crippen LogP contribution in [0.5, 0.6) is 5.75 Å². The second-order valence-corrected chi connectivity index (χ2v) is 6.90. The molecule has 1 aromatic heterocycles. The highest BCUT2D eigenvalue weighted by Gasteiger charge is 2.44. The van der Waals surface area contributed by atoms with Crippen molar-refractivity contribution in [2.45, 2.75) is 38.0 Å². The van der Waals surface area contributed by atoms with Gasteiger partial charge in [-0.3, -0.25) is 9.88 Å². The highest BCUT2D eigenvalue weighted by Crippen LogP contribution is 2.40. The van der Waals surface area contributed by atoms with Crippen LogP contribution < -0.4 is 4.74 Å². The van der Waals surface area contributed by atoms with Crippen LogP contribution in [0.25, 0.3) is 11.1 Å². The summed E-state index contributed by atoms with van der Waals surface area (Å²) in [7, 11) is 0. The van der Waals surface area contributed by atoms with Crippen LogP contribution in [0.3, 0.4) is 0 Å². The summed E-state index contributed by atoms with van der Waals surface area (Å²) >= 11 is 0. The summed E-state index contributed by atoms with van der Waals surface area (Å²) in [6.07, 6.45) is 6.85. The molecule has 0 amide bonds. The first-order valence-corrected chi connectivity index (χ1v) is 8.58. The van der Waals surface area contributed by atoms with Crippen LogP contribution in [0, 0.1) is 5.82 Å². The first-order valence-electron chi connectivity index (χ1n) is 8.58. The van der Waals surface area contributed by atoms with Gasteiger partial charge in [-0.15, -0.1) is 0 Å². The highest BCUT2D eigenvalue weighted by molar-refractivity contribution is 5.65. The summed E-state index contributed by atoms with van der Waals surface area (Å²) in [5.74, 6) is -1.29. The molecule has 2 aliphatic rings. The number of hydrogen-bond donors (Lipinski definition) is 0. The van der Waals surface area contributed by atoms with Crippen LogP contribution in [0.1, 0.15) is 24.8 Å². The maximum Gasteiger partial charge on any atom is 0.387 e. The number of alkyl halides is 2. The third-order valence-corrected chi connectivity index (χ3v) is 5.01. The Balaban J connectivity index is 1.50. The fourth-order valence-corrected chi connectivity index (χ4v) is 3.56. The van der Waals surface area contributed by atoms with Crippen molar-refractivity contribution in [3.05, 3.63) is 48.0 Å². The van der Waals surface area contributed by atoms with Crippen molar-refractivity contribution in [2.75, 3.05) is 13.3 Å². The fraction of sp³-hybridized carbons (Fsp3) is 0.421. The summed E-state index contributed by atoms with van der Waals surface area (Å²) in [6, 6.07) is 5.84. The van der Waals surface area contributed by atoms with Gasteiger partial charge in [0.25, 0.3) is 0 Å². The van der Waals surface area contributed by atoms with E-state index in [0.29, 0.717) is 18.8 Å². The third kappa shape index (κ3) is 3.54. The molecule has 1 aromatic carbocycles. The second-order valence-electron chi connectivity index (χ2n) is 6.90. The van der Waals surface area contributed by atoms with E-state index < -0.39 is 18.2 Å². The first-order chi connectivity index (χ1) is 12.5. The van der Waals surface area contributed by atoms with E-state index in [9.17, 15) is 13.2 Å². The van der Waals surface area contributed by atoms with Gasteiger partial charge in [-0.1, -0.05) is 6.07 Å². The largest absolute Gasteiger partial charge is 0.432 e. The number of halogens is 3. The zero-order valence-corrected chi connectivity index (χ0v) is 14.1. The van der Waals surface area contributed by atoms with E-state index in [0.717, 1.165) is 36.6 Å². The van der Waals surface area contributed by atoms with E-state index in [1.165, 1.54) is 18.6 Å². The van der Waals surface area contributed by atoms with Crippen molar-refractivity contribution < 1.29 is 22.6 Å². The highest BCUT2D eigenvalue weighted by atomic mass is 19.3. The minimum Gasteiger partial charge on any atom is -0.432 e. The molecule has 2 aromatic rings. The number of rotatable bonds is 5. The van der Waals surface area contributed by atoms with Gasteiger partial charge in [-0.2, -0.15) is 8.78 Å². The average molecular weight is 364 g/mol. The van der Waals surface area contributed by atoms with Gasteiger partial charge >= 0.3 is 6.61 Å². The molecule has 7 heteroatoms. The van der Waals surface area contributed by atoms with Crippen molar-refractivity contribution >= 4 is 0 Å². The lowest BCUT2D eigenvalue weighted by Gasteiger charge is -2.36. The van der Waals surface area contributed by atoms with E-state index in [2.05, 4.69) is 14.6 Å². The summed E-state index contributed by atoms with van der Waals surface area (Å²) < 4.78 is 48.6. The fourth-order valence-electron chi connectivity index (χ4n) is 3.56. The molecule has 26 heavy (non-hydrogen) atoms. The van der Waals surface area contributed by atoms with Crippen molar-refractivity contribution in [1.29, 1.82) is 0 Å². The quantitative estimate of drug-likeness (QED) is 0.796. The minimum atomic E-state index is -3.07. The number of pyridine rings is 1. The Morgan fingerprint density at radius 1 is 1.19 bits per heavy atom. The molecule has 1 spiro atoms. The van der Waals surface area contributed by atoms with Gasteiger partial charge in [-0.25, -0.2) is 4.39 Å². The maximum absolute atomic E-state index is 13.6. The Labute approximate surface area is 149 Å². The van der Waals surface area contributed by atoms with E-state index in [-0.39, 0.29) is 5.60 Å². The SMILES string of the molecule is Fc1ccc(-c2cncc(CN3COC4(CCC4)C3)c2)cc1OC(F)F. The Morgan fingerprint density at radius 2 is 2.04 bits per heavy atom. The summed E-state index contributed by atoms with van der Waals surface area (Å²) in [5, 5.41) is 0. The monoisotopic (exact) mass is 364 g/mol. The molecule has 2 heterocycles. The molecule has 0 bridgehead atoms. The van der Waals surface area contributed by atoms with Crippen LogP contribution in [-0.4, -0.2) is 35.4 Å². The molecule has 4 rings (SSSR count). The van der Waals surface area contributed by atoms with Crippen molar-refractivity contribution in [3.8, 4) is 16.9 Å². The van der Waals surface area contributed by atoms with E-state index in [1.54, 1.807) is 12.4 Å². The molecule has 0 atom stereocenters. The normalized spacial score (nSPS) is 19.1. The van der Waals surface area contributed by atoms with Crippen LogP contribution in [0.15, 0.2) is 36.7 Å². The molecule has 1 saturated heterocycles. The molecule has 0 radical (unpaired) electrons. The van der Waals surface area contributed by atoms with E-state index >= 15 is 0 Å². The Kier molecular flexibility index (Phi) is 4.58. The number of aromatic nitrogens is 1. The lowest BCUT2D eigenvalue weighted by Crippen LogP contribution is -2.41. The molecule has 1 saturated carbocycles. The maximum atomic E-state index is 13.6. The predicted octanol–water partition coefficient (Wildman–Crippen LogP) is 4.20. The zero-order chi connectivity index (χ0) is 18.1. The lowest BCUT2D eigenvalue weighted by atomic mass is 9.80. The molecule has 1 aliphatic heterocycles. The van der Waals surface area contributed by atoms with Gasteiger partial charge in [0.2, 0.25) is 0 Å². The lowest BCUT2D eigenvalue weighted by molar-refractivity contribution is -0.0522. The van der Waals surface area contributed by atoms with Gasteiger partial charge in [0, 0.05) is 31.0 Å². The van der Waals surface area contributed by atoms with E-state index in [4.69, 9.17) is 4.74 Å². The minimum absolute atomic E-state index is 0.0451. The van der Waals surface area contributed by atoms with Crippen LogP contribution >= 0.6 is 0 Å². The first kappa shape index (κ1) is 17.3. The predicted molar refractivity (Wildman–Crippen MR) is 89.2 cm³/mol. The van der Waals surface area contributed by atoms with Crippen molar-refractivity contribution in [1.82, 2.24) is 9.88 Å². The van der Waals surface area contributed by atoms with Gasteiger partial charge < -0.3 is 9.47 Å². The van der Waals surface area contributed by atoms with Gasteiger partial charge in [0.15, 0.2) is 11.6 Å². The molecule has 138 valence electrons. The topological polar surface area (TPSA) is 34.6 Å². The molecule has 1 aliphatic carbocycles. The summed E-state index contributed by atoms with van der Waals surface area (Å²) in [6.45, 7) is -0.851. The third-order valence-electron chi connectivity index (χ3n) is 5.01. The number of nitrogens with zero attached hydrogens (tertiary/aromatic N) is 2. The van der Waals surface area contributed by atoms with E-state index in [1.807, 2.05) is 6.07 Å². The summed E-state index contributed by atoms with van der Waals surface area (Å²) in [5.41, 5.74) is 2.33. The van der Waals surface area contributed by atoms with Gasteiger partial charge in [0.05, 0.1) is 5.60 Å². The van der Waals surface area contributed by atoms with Crippen LogP contribution in [0.4, 0.5) is 13.2 Å². The van der Waals surface area contributed by atoms with Crippen molar-refractivity contribution in [3.63, 3.8) is 0 Å². The average Bonchev–Trinajstić information content (AvgIpc) is 3.01. The number of benzene rings is 1. The molecule has 0 unspecified atom stereocenters. The van der Waals surface area contributed by atoms with Crippen molar-refractivity contribution in [2.24, 2.45) is 0 Å². The molecule has 0 N–H and O–H groups in total. The number of ether oxygens (including phenoxy) is 2. The van der Waals surface area contributed by atoms with Crippen LogP contribution in [-0.2, 0) is 11.3 Å². The Hall–Kier alpha value is -2.12. The molecule has 2 fully saturated rings. The van der Waals surface area contributed by atoms with Gasteiger partial charge in [-0.05, 0) is 48.6 Å². The smallest absolute Gasteiger partial charge is 0.387 e. The Morgan fingerprint density at radius 3 is 2.73 bits per heavy atom. The van der Waals surface area contributed by atoms with Crippen LogP contribution in [0.2, 0.25) is 0 Å². The standard InChI is InChI=1S/C19H19F3N2O2/c20-16-3-2-14(7-17(16)26-18(21)22)15-6-13(8-23-9-15)10-24-11-19(25-12-24)4-1-5-19/h2-3,6-9,18H,1,4-5,10-12H2. The van der Waals surface area contributed by atoms with Gasteiger partial charge in [0.1, 0.15) is 6.73 Å². The number of hydrogen-bond acceptors (Lipinski definition) is 4. The summed E-state index contributed by atoms with van der Waals surface area (Å²) in [4.78, 5) is 6.47. The molecule has 4 nitrogen and oxygen atoms in total. The Bertz CT molecular complexity index is 796. The molecular weight excluding hydrogens is 345 g/mol.